The Hall–Kier alpha value is -3.02. The third-order valence-electron chi connectivity index (χ3n) is 5.29. The van der Waals surface area contributed by atoms with Crippen molar-refractivity contribution in [2.45, 2.75) is 17.7 Å². The average Bonchev–Trinajstić information content (AvgIpc) is 2.84. The van der Waals surface area contributed by atoms with Crippen molar-refractivity contribution >= 4 is 27.6 Å². The first-order valence-corrected chi connectivity index (χ1v) is 11.9. The number of carbonyl (C=O) groups is 2. The minimum absolute atomic E-state index is 0.0163. The maximum absolute atomic E-state index is 13.1. The number of rotatable bonds is 9. The van der Waals surface area contributed by atoms with Gasteiger partial charge in [-0.15, -0.1) is 0 Å². The summed E-state index contributed by atoms with van der Waals surface area (Å²) in [6.07, 6.45) is 2.24. The summed E-state index contributed by atoms with van der Waals surface area (Å²) < 4.78 is 42.8. The molecule has 0 aliphatic carbocycles. The van der Waals surface area contributed by atoms with Crippen LogP contribution in [0.1, 0.15) is 23.2 Å². The number of ether oxygens (including phenoxy) is 3. The fourth-order valence-electron chi connectivity index (χ4n) is 3.53. The van der Waals surface area contributed by atoms with Crippen LogP contribution in [0.3, 0.4) is 0 Å². The lowest BCUT2D eigenvalue weighted by molar-refractivity contribution is -0.120. The molecule has 1 aliphatic rings. The summed E-state index contributed by atoms with van der Waals surface area (Å²) in [5.74, 6) is -1.03. The number of piperidine rings is 1. The molecule has 33 heavy (non-hydrogen) atoms. The number of amides is 1. The van der Waals surface area contributed by atoms with Crippen molar-refractivity contribution in [3.05, 3.63) is 48.2 Å². The largest absolute Gasteiger partial charge is 0.474 e. The third kappa shape index (κ3) is 5.86. The number of carbonyl (C=O) groups excluding carboxylic acids is 2. The minimum Gasteiger partial charge on any atom is -0.474 e. The van der Waals surface area contributed by atoms with Crippen LogP contribution in [0.25, 0.3) is 0 Å². The average molecular weight is 478 g/mol. The number of nitrogens with zero attached hydrogens (tertiary/aromatic N) is 2. The first kappa shape index (κ1) is 24.6. The molecule has 0 bridgehead atoms. The van der Waals surface area contributed by atoms with E-state index in [9.17, 15) is 18.0 Å². The van der Waals surface area contributed by atoms with E-state index in [0.29, 0.717) is 37.6 Å². The smallest absolute Gasteiger partial charge is 0.339 e. The molecule has 1 amide bonds. The van der Waals surface area contributed by atoms with Gasteiger partial charge in [-0.1, -0.05) is 12.1 Å². The number of methoxy groups -OCH3 is 2. The molecule has 3 rings (SSSR count). The van der Waals surface area contributed by atoms with E-state index in [1.807, 2.05) is 0 Å². The Bertz CT molecular complexity index is 1080. The van der Waals surface area contributed by atoms with Gasteiger partial charge in [-0.2, -0.15) is 4.31 Å². The molecule has 0 radical (unpaired) electrons. The highest BCUT2D eigenvalue weighted by molar-refractivity contribution is 7.89. The first-order chi connectivity index (χ1) is 15.9. The number of sulfonamides is 1. The zero-order valence-electron chi connectivity index (χ0n) is 18.5. The number of nitrogens with one attached hydrogen (secondary N) is 1. The number of aromatic nitrogens is 1. The fourth-order valence-corrected chi connectivity index (χ4v) is 5.17. The van der Waals surface area contributed by atoms with Gasteiger partial charge in [0.25, 0.3) is 0 Å². The van der Waals surface area contributed by atoms with Crippen LogP contribution in [0.15, 0.2) is 47.5 Å². The highest BCUT2D eigenvalue weighted by Gasteiger charge is 2.34. The predicted octanol–water partition coefficient (Wildman–Crippen LogP) is 1.93. The van der Waals surface area contributed by atoms with Gasteiger partial charge in [0.2, 0.25) is 21.8 Å². The van der Waals surface area contributed by atoms with E-state index >= 15 is 0 Å². The number of hydrogen-bond acceptors (Lipinski definition) is 8. The molecule has 10 nitrogen and oxygen atoms in total. The highest BCUT2D eigenvalue weighted by atomic mass is 32.2. The normalized spacial score (nSPS) is 15.1. The van der Waals surface area contributed by atoms with Gasteiger partial charge in [0.15, 0.2) is 0 Å². The molecule has 1 fully saturated rings. The lowest BCUT2D eigenvalue weighted by Crippen LogP contribution is -2.41. The number of anilines is 1. The second kappa shape index (κ2) is 11.2. The van der Waals surface area contributed by atoms with Gasteiger partial charge in [0.05, 0.1) is 24.2 Å². The Labute approximate surface area is 192 Å². The van der Waals surface area contributed by atoms with Gasteiger partial charge in [-0.3, -0.25) is 4.79 Å². The van der Waals surface area contributed by atoms with Gasteiger partial charge in [0, 0.05) is 32.3 Å². The molecule has 1 aromatic carbocycles. The van der Waals surface area contributed by atoms with Crippen molar-refractivity contribution in [2.24, 2.45) is 5.92 Å². The quantitative estimate of drug-likeness (QED) is 0.429. The van der Waals surface area contributed by atoms with Crippen molar-refractivity contribution in [1.29, 1.82) is 0 Å². The van der Waals surface area contributed by atoms with Crippen molar-refractivity contribution in [2.75, 3.05) is 45.8 Å². The van der Waals surface area contributed by atoms with Crippen LogP contribution in [0.2, 0.25) is 0 Å². The van der Waals surface area contributed by atoms with Crippen LogP contribution >= 0.6 is 0 Å². The van der Waals surface area contributed by atoms with E-state index in [4.69, 9.17) is 14.2 Å². The van der Waals surface area contributed by atoms with E-state index in [1.54, 1.807) is 37.6 Å². The van der Waals surface area contributed by atoms with Crippen LogP contribution in [0.4, 0.5) is 5.69 Å². The van der Waals surface area contributed by atoms with Crippen molar-refractivity contribution in [3.8, 4) is 5.88 Å². The molecular weight excluding hydrogens is 450 g/mol. The molecule has 0 atom stereocenters. The monoisotopic (exact) mass is 477 g/mol. The van der Waals surface area contributed by atoms with Crippen molar-refractivity contribution in [3.63, 3.8) is 0 Å². The molecule has 1 N–H and O–H groups in total. The predicted molar refractivity (Wildman–Crippen MR) is 120 cm³/mol. The summed E-state index contributed by atoms with van der Waals surface area (Å²) >= 11 is 0. The number of hydrogen-bond donors (Lipinski definition) is 1. The molecule has 11 heteroatoms. The van der Waals surface area contributed by atoms with E-state index in [2.05, 4.69) is 10.3 Å². The van der Waals surface area contributed by atoms with Crippen molar-refractivity contribution < 1.29 is 32.2 Å². The summed E-state index contributed by atoms with van der Waals surface area (Å²) in [4.78, 5) is 28.9. The van der Waals surface area contributed by atoms with E-state index < -0.39 is 16.0 Å². The van der Waals surface area contributed by atoms with Gasteiger partial charge >= 0.3 is 5.97 Å². The zero-order valence-corrected chi connectivity index (χ0v) is 19.3. The van der Waals surface area contributed by atoms with Crippen LogP contribution in [0, 0.1) is 5.92 Å². The second-order valence-electron chi connectivity index (χ2n) is 7.35. The Kier molecular flexibility index (Phi) is 8.37. The lowest BCUT2D eigenvalue weighted by atomic mass is 9.97. The molecule has 2 heterocycles. The van der Waals surface area contributed by atoms with Crippen molar-refractivity contribution in [1.82, 2.24) is 9.29 Å². The number of pyridine rings is 1. The standard InChI is InChI=1S/C22H27N3O7S/c1-30-14-15-32-21-18(7-5-11-23-21)24-20(26)16-9-12-25(13-10-16)33(28,29)19-8-4-3-6-17(19)22(27)31-2/h3-8,11,16H,9-10,12-15H2,1-2H3,(H,24,26). The molecule has 0 unspecified atom stereocenters. The SMILES string of the molecule is COCCOc1ncccc1NC(=O)C1CCN(S(=O)(=O)c2ccccc2C(=O)OC)CC1. The molecule has 1 aliphatic heterocycles. The summed E-state index contributed by atoms with van der Waals surface area (Å²) in [5.41, 5.74) is 0.429. The van der Waals surface area contributed by atoms with Gasteiger partial charge in [0.1, 0.15) is 12.3 Å². The van der Waals surface area contributed by atoms with E-state index in [1.165, 1.54) is 23.5 Å². The van der Waals surface area contributed by atoms with Crippen LogP contribution in [-0.4, -0.2) is 70.1 Å². The highest BCUT2D eigenvalue weighted by Crippen LogP contribution is 2.28. The summed E-state index contributed by atoms with van der Waals surface area (Å²) in [6.45, 7) is 0.982. The van der Waals surface area contributed by atoms with E-state index in [-0.39, 0.29) is 35.4 Å². The summed E-state index contributed by atoms with van der Waals surface area (Å²) in [6, 6.07) is 9.31. The number of esters is 1. The molecule has 0 saturated carbocycles. The Balaban J connectivity index is 1.65. The van der Waals surface area contributed by atoms with E-state index in [0.717, 1.165) is 0 Å². The fraction of sp³-hybridized carbons (Fsp3) is 0.409. The van der Waals surface area contributed by atoms with Crippen LogP contribution in [0.5, 0.6) is 5.88 Å². The molecular formula is C22H27N3O7S. The minimum atomic E-state index is -3.92. The molecule has 1 aromatic heterocycles. The van der Waals surface area contributed by atoms with Gasteiger partial charge in [-0.05, 0) is 37.1 Å². The molecule has 2 aromatic rings. The topological polar surface area (TPSA) is 124 Å². The Morgan fingerprint density at radius 2 is 1.82 bits per heavy atom. The lowest BCUT2D eigenvalue weighted by Gasteiger charge is -2.31. The van der Waals surface area contributed by atoms with Gasteiger partial charge in [-0.25, -0.2) is 18.2 Å². The maximum atomic E-state index is 13.1. The Morgan fingerprint density at radius 1 is 1.09 bits per heavy atom. The number of benzene rings is 1. The third-order valence-corrected chi connectivity index (χ3v) is 7.25. The van der Waals surface area contributed by atoms with Crippen LogP contribution < -0.4 is 10.1 Å². The molecule has 1 saturated heterocycles. The molecule has 0 spiro atoms. The van der Waals surface area contributed by atoms with Gasteiger partial charge < -0.3 is 19.5 Å². The summed E-state index contributed by atoms with van der Waals surface area (Å²) in [5, 5.41) is 2.83. The second-order valence-corrected chi connectivity index (χ2v) is 9.26. The van der Waals surface area contributed by atoms with Crippen LogP contribution in [-0.2, 0) is 24.3 Å². The maximum Gasteiger partial charge on any atom is 0.339 e. The zero-order chi connectivity index (χ0) is 23.8. The Morgan fingerprint density at radius 3 is 2.52 bits per heavy atom. The first-order valence-electron chi connectivity index (χ1n) is 10.4. The molecule has 178 valence electrons. The summed E-state index contributed by atoms with van der Waals surface area (Å²) in [7, 11) is -1.16.